The molecule has 0 bridgehead atoms. The summed E-state index contributed by atoms with van der Waals surface area (Å²) >= 11 is 0. The highest BCUT2D eigenvalue weighted by Gasteiger charge is 2.22. The summed E-state index contributed by atoms with van der Waals surface area (Å²) in [6.45, 7) is 0. The Morgan fingerprint density at radius 1 is 1.29 bits per heavy atom. The summed E-state index contributed by atoms with van der Waals surface area (Å²) in [5.41, 5.74) is 2.69. The number of aromatic nitrogens is 2. The van der Waals surface area contributed by atoms with E-state index >= 15 is 0 Å². The first kappa shape index (κ1) is 13.8. The molecular formula is C14H19N5O2. The molecule has 1 fully saturated rings. The Kier molecular flexibility index (Phi) is 3.98. The van der Waals surface area contributed by atoms with Gasteiger partial charge in [-0.15, -0.1) is 0 Å². The molecule has 112 valence electrons. The molecule has 7 nitrogen and oxygen atoms in total. The molecule has 1 aromatic heterocycles. The SMILES string of the molecule is O=C1CCC(C(=O)Nc2ccnn2C2CCCCC2)=NN1. The van der Waals surface area contributed by atoms with Crippen molar-refractivity contribution >= 4 is 23.3 Å². The molecule has 7 heteroatoms. The van der Waals surface area contributed by atoms with Gasteiger partial charge in [-0.3, -0.25) is 9.59 Å². The van der Waals surface area contributed by atoms with Gasteiger partial charge in [0.05, 0.1) is 12.2 Å². The van der Waals surface area contributed by atoms with Crippen molar-refractivity contribution < 1.29 is 9.59 Å². The van der Waals surface area contributed by atoms with E-state index in [4.69, 9.17) is 0 Å². The van der Waals surface area contributed by atoms with Crippen LogP contribution < -0.4 is 10.7 Å². The number of hydrogen-bond donors (Lipinski definition) is 2. The van der Waals surface area contributed by atoms with E-state index in [9.17, 15) is 9.59 Å². The van der Waals surface area contributed by atoms with Crippen molar-refractivity contribution in [1.29, 1.82) is 0 Å². The zero-order valence-electron chi connectivity index (χ0n) is 11.8. The Morgan fingerprint density at radius 2 is 2.10 bits per heavy atom. The van der Waals surface area contributed by atoms with Crippen molar-refractivity contribution in [2.75, 3.05) is 5.32 Å². The monoisotopic (exact) mass is 289 g/mol. The van der Waals surface area contributed by atoms with Crippen molar-refractivity contribution in [3.63, 3.8) is 0 Å². The number of anilines is 1. The molecule has 1 aliphatic carbocycles. The van der Waals surface area contributed by atoms with Gasteiger partial charge in [-0.25, -0.2) is 10.1 Å². The van der Waals surface area contributed by atoms with Crippen LogP contribution in [0.3, 0.4) is 0 Å². The molecule has 0 unspecified atom stereocenters. The Bertz CT molecular complexity index is 572. The molecule has 2 amide bonds. The topological polar surface area (TPSA) is 88.4 Å². The van der Waals surface area contributed by atoms with E-state index in [0.29, 0.717) is 30.4 Å². The average Bonchev–Trinajstić information content (AvgIpc) is 2.97. The number of nitrogens with one attached hydrogen (secondary N) is 2. The Morgan fingerprint density at radius 3 is 2.81 bits per heavy atom. The number of rotatable bonds is 3. The van der Waals surface area contributed by atoms with Crippen LogP contribution in [0.2, 0.25) is 0 Å². The van der Waals surface area contributed by atoms with Gasteiger partial charge in [-0.1, -0.05) is 19.3 Å². The van der Waals surface area contributed by atoms with Gasteiger partial charge in [0.1, 0.15) is 11.5 Å². The van der Waals surface area contributed by atoms with Crippen LogP contribution in [0.5, 0.6) is 0 Å². The van der Waals surface area contributed by atoms with Crippen LogP contribution in [0.25, 0.3) is 0 Å². The third-order valence-corrected chi connectivity index (χ3v) is 4.00. The second-order valence-corrected chi connectivity index (χ2v) is 5.50. The van der Waals surface area contributed by atoms with E-state index in [1.165, 1.54) is 19.3 Å². The molecular weight excluding hydrogens is 270 g/mol. The molecule has 2 aliphatic rings. The number of amides is 2. The van der Waals surface area contributed by atoms with Crippen LogP contribution in [-0.2, 0) is 9.59 Å². The van der Waals surface area contributed by atoms with Crippen molar-refractivity contribution in [3.8, 4) is 0 Å². The predicted octanol–water partition coefficient (Wildman–Crippen LogP) is 1.59. The van der Waals surface area contributed by atoms with Crippen LogP contribution in [0.4, 0.5) is 5.82 Å². The van der Waals surface area contributed by atoms with Gasteiger partial charge in [-0.2, -0.15) is 10.2 Å². The number of hydrogen-bond acceptors (Lipinski definition) is 4. The standard InChI is InChI=1S/C14H19N5O2/c20-13-7-6-11(17-18-13)14(21)16-12-8-9-15-19(12)10-4-2-1-3-5-10/h8-10H,1-7H2,(H,16,21)(H,18,20). The van der Waals surface area contributed by atoms with E-state index in [-0.39, 0.29) is 11.8 Å². The number of nitrogens with zero attached hydrogens (tertiary/aromatic N) is 3. The van der Waals surface area contributed by atoms with Crippen LogP contribution in [0.1, 0.15) is 51.0 Å². The minimum Gasteiger partial charge on any atom is -0.306 e. The second kappa shape index (κ2) is 6.07. The zero-order valence-corrected chi connectivity index (χ0v) is 11.8. The third-order valence-electron chi connectivity index (χ3n) is 4.00. The van der Waals surface area contributed by atoms with Gasteiger partial charge in [0, 0.05) is 18.9 Å². The summed E-state index contributed by atoms with van der Waals surface area (Å²) in [5, 5.41) is 11.0. The van der Waals surface area contributed by atoms with E-state index in [1.54, 1.807) is 12.3 Å². The second-order valence-electron chi connectivity index (χ2n) is 5.50. The molecule has 1 saturated carbocycles. The predicted molar refractivity (Wildman–Crippen MR) is 77.8 cm³/mol. The zero-order chi connectivity index (χ0) is 14.7. The lowest BCUT2D eigenvalue weighted by Crippen LogP contribution is -2.33. The highest BCUT2D eigenvalue weighted by Crippen LogP contribution is 2.29. The van der Waals surface area contributed by atoms with Gasteiger partial charge >= 0.3 is 0 Å². The number of carbonyl (C=O) groups is 2. The number of hydrazone groups is 1. The van der Waals surface area contributed by atoms with E-state index in [1.807, 2.05) is 4.68 Å². The first-order chi connectivity index (χ1) is 10.2. The molecule has 3 rings (SSSR count). The molecule has 1 aliphatic heterocycles. The smallest absolute Gasteiger partial charge is 0.273 e. The van der Waals surface area contributed by atoms with Crippen LogP contribution >= 0.6 is 0 Å². The molecule has 0 saturated heterocycles. The van der Waals surface area contributed by atoms with Crippen molar-refractivity contribution in [1.82, 2.24) is 15.2 Å². The van der Waals surface area contributed by atoms with E-state index < -0.39 is 0 Å². The summed E-state index contributed by atoms with van der Waals surface area (Å²) in [5.74, 6) is 0.276. The van der Waals surface area contributed by atoms with E-state index in [0.717, 1.165) is 12.8 Å². The molecule has 0 radical (unpaired) electrons. The molecule has 0 aromatic carbocycles. The normalized spacial score (nSPS) is 19.8. The maximum Gasteiger partial charge on any atom is 0.273 e. The minimum absolute atomic E-state index is 0.154. The fourth-order valence-corrected chi connectivity index (χ4v) is 2.86. The molecule has 2 N–H and O–H groups in total. The lowest BCUT2D eigenvalue weighted by molar-refractivity contribution is -0.121. The van der Waals surface area contributed by atoms with Crippen molar-refractivity contribution in [2.45, 2.75) is 51.0 Å². The van der Waals surface area contributed by atoms with Crippen LogP contribution in [0, 0.1) is 0 Å². The maximum atomic E-state index is 12.2. The van der Waals surface area contributed by atoms with Crippen molar-refractivity contribution in [2.24, 2.45) is 5.10 Å². The molecule has 1 aromatic rings. The Hall–Kier alpha value is -2.18. The van der Waals surface area contributed by atoms with Gasteiger partial charge in [0.2, 0.25) is 5.91 Å². The summed E-state index contributed by atoms with van der Waals surface area (Å²) in [4.78, 5) is 23.2. The van der Waals surface area contributed by atoms with Crippen LogP contribution in [0.15, 0.2) is 17.4 Å². The van der Waals surface area contributed by atoms with Gasteiger partial charge in [0.25, 0.3) is 5.91 Å². The Balaban J connectivity index is 1.69. The summed E-state index contributed by atoms with van der Waals surface area (Å²) < 4.78 is 1.90. The third kappa shape index (κ3) is 3.12. The Labute approximate surface area is 122 Å². The highest BCUT2D eigenvalue weighted by atomic mass is 16.2. The molecule has 21 heavy (non-hydrogen) atoms. The summed E-state index contributed by atoms with van der Waals surface area (Å²) in [6.07, 6.45) is 8.25. The van der Waals surface area contributed by atoms with Gasteiger partial charge < -0.3 is 5.32 Å². The quantitative estimate of drug-likeness (QED) is 0.885. The summed E-state index contributed by atoms with van der Waals surface area (Å²) in [6, 6.07) is 2.16. The highest BCUT2D eigenvalue weighted by molar-refractivity contribution is 6.43. The average molecular weight is 289 g/mol. The maximum absolute atomic E-state index is 12.2. The minimum atomic E-state index is -0.271. The summed E-state index contributed by atoms with van der Waals surface area (Å²) in [7, 11) is 0. The first-order valence-electron chi connectivity index (χ1n) is 7.44. The van der Waals surface area contributed by atoms with Gasteiger partial charge in [0.15, 0.2) is 0 Å². The number of carbonyl (C=O) groups excluding carboxylic acids is 2. The molecule has 0 atom stereocenters. The van der Waals surface area contributed by atoms with Gasteiger partial charge in [-0.05, 0) is 12.8 Å². The van der Waals surface area contributed by atoms with E-state index in [2.05, 4.69) is 20.9 Å². The lowest BCUT2D eigenvalue weighted by Gasteiger charge is -2.24. The fraction of sp³-hybridized carbons (Fsp3) is 0.571. The largest absolute Gasteiger partial charge is 0.306 e. The molecule has 2 heterocycles. The lowest BCUT2D eigenvalue weighted by atomic mass is 9.96. The van der Waals surface area contributed by atoms with Crippen LogP contribution in [-0.4, -0.2) is 27.3 Å². The van der Waals surface area contributed by atoms with Crippen molar-refractivity contribution in [3.05, 3.63) is 12.3 Å². The molecule has 0 spiro atoms. The first-order valence-corrected chi connectivity index (χ1v) is 7.44. The fourth-order valence-electron chi connectivity index (χ4n) is 2.86.